The molecular weight excluding hydrogens is 316 g/mol. The van der Waals surface area contributed by atoms with Crippen LogP contribution in [0.3, 0.4) is 0 Å². The van der Waals surface area contributed by atoms with Gasteiger partial charge in [-0.05, 0) is 45.4 Å². The Morgan fingerprint density at radius 2 is 2.28 bits per heavy atom. The number of fused-ring (bicyclic) bond motifs is 1. The number of hydrogen-bond donors (Lipinski definition) is 3. The summed E-state index contributed by atoms with van der Waals surface area (Å²) in [5, 5.41) is 20.2. The van der Waals surface area contributed by atoms with Crippen LogP contribution in [0.4, 0.5) is 11.6 Å². The topological polar surface area (TPSA) is 103 Å². The minimum absolute atomic E-state index is 0.0148. The highest BCUT2D eigenvalue weighted by Crippen LogP contribution is 2.25. The molecule has 1 fully saturated rings. The van der Waals surface area contributed by atoms with Gasteiger partial charge in [0.15, 0.2) is 0 Å². The summed E-state index contributed by atoms with van der Waals surface area (Å²) >= 11 is 0. The molecule has 0 aliphatic carbocycles. The Labute approximate surface area is 146 Å². The third kappa shape index (κ3) is 4.03. The third-order valence-corrected chi connectivity index (χ3v) is 4.17. The minimum Gasteiger partial charge on any atom is -0.367 e. The maximum Gasteiger partial charge on any atom is 0.229 e. The van der Waals surface area contributed by atoms with E-state index in [9.17, 15) is 4.79 Å². The van der Waals surface area contributed by atoms with Crippen molar-refractivity contribution in [3.63, 3.8) is 0 Å². The van der Waals surface area contributed by atoms with Crippen molar-refractivity contribution in [1.29, 1.82) is 5.26 Å². The molecule has 2 aromatic heterocycles. The third-order valence-electron chi connectivity index (χ3n) is 4.17. The number of nitrogens with zero attached hydrogens (tertiary/aromatic N) is 3. The highest BCUT2D eigenvalue weighted by molar-refractivity contribution is 5.97. The first-order chi connectivity index (χ1) is 12.1. The summed E-state index contributed by atoms with van der Waals surface area (Å²) in [6.45, 7) is 5.68. The zero-order valence-corrected chi connectivity index (χ0v) is 14.5. The van der Waals surface area contributed by atoms with Crippen LogP contribution in [0, 0.1) is 17.2 Å². The van der Waals surface area contributed by atoms with Crippen LogP contribution in [0.2, 0.25) is 0 Å². The Bertz CT molecular complexity index is 820. The highest BCUT2D eigenvalue weighted by Gasteiger charge is 2.21. The molecule has 0 spiro atoms. The average molecular weight is 338 g/mol. The number of piperidine rings is 1. The van der Waals surface area contributed by atoms with Crippen LogP contribution in [0.5, 0.6) is 0 Å². The zero-order chi connectivity index (χ0) is 17.8. The van der Waals surface area contributed by atoms with Crippen molar-refractivity contribution in [1.82, 2.24) is 15.3 Å². The fourth-order valence-corrected chi connectivity index (χ4v) is 2.96. The first kappa shape index (κ1) is 17.1. The SMILES string of the molecule is CC(C)Nc1nc(C#N)cc2cnc(NC(=O)C3CCCNC3)cc12. The van der Waals surface area contributed by atoms with Crippen LogP contribution in [0.25, 0.3) is 10.8 Å². The molecule has 0 radical (unpaired) electrons. The van der Waals surface area contributed by atoms with Crippen molar-refractivity contribution < 1.29 is 4.79 Å². The Hall–Kier alpha value is -2.72. The summed E-state index contributed by atoms with van der Waals surface area (Å²) in [6.07, 6.45) is 3.56. The van der Waals surface area contributed by atoms with Crippen LogP contribution < -0.4 is 16.0 Å². The number of aromatic nitrogens is 2. The molecule has 1 aliphatic rings. The van der Waals surface area contributed by atoms with Gasteiger partial charge in [0.2, 0.25) is 5.91 Å². The van der Waals surface area contributed by atoms with Crippen molar-refractivity contribution in [2.24, 2.45) is 5.92 Å². The summed E-state index contributed by atoms with van der Waals surface area (Å²) < 4.78 is 0. The lowest BCUT2D eigenvalue weighted by Gasteiger charge is -2.21. The predicted molar refractivity (Wildman–Crippen MR) is 97.2 cm³/mol. The normalized spacial score (nSPS) is 17.3. The maximum absolute atomic E-state index is 12.4. The van der Waals surface area contributed by atoms with Gasteiger partial charge in [0, 0.05) is 29.6 Å². The second-order valence-corrected chi connectivity index (χ2v) is 6.59. The van der Waals surface area contributed by atoms with Crippen molar-refractivity contribution in [2.75, 3.05) is 23.7 Å². The largest absolute Gasteiger partial charge is 0.367 e. The molecule has 3 rings (SSSR count). The van der Waals surface area contributed by atoms with E-state index in [1.807, 2.05) is 19.9 Å². The van der Waals surface area contributed by atoms with Gasteiger partial charge in [0.05, 0.1) is 5.92 Å². The van der Waals surface area contributed by atoms with E-state index in [2.05, 4.69) is 32.0 Å². The van der Waals surface area contributed by atoms with E-state index in [-0.39, 0.29) is 17.9 Å². The highest BCUT2D eigenvalue weighted by atomic mass is 16.2. The van der Waals surface area contributed by atoms with Gasteiger partial charge in [-0.15, -0.1) is 0 Å². The van der Waals surface area contributed by atoms with Crippen molar-refractivity contribution in [3.05, 3.63) is 24.0 Å². The fraction of sp³-hybridized carbons (Fsp3) is 0.444. The van der Waals surface area contributed by atoms with E-state index >= 15 is 0 Å². The van der Waals surface area contributed by atoms with Crippen molar-refractivity contribution in [2.45, 2.75) is 32.7 Å². The predicted octanol–water partition coefficient (Wildman–Crippen LogP) is 2.26. The smallest absolute Gasteiger partial charge is 0.229 e. The van der Waals surface area contributed by atoms with Crippen LogP contribution in [0.1, 0.15) is 32.4 Å². The van der Waals surface area contributed by atoms with Crippen LogP contribution in [-0.4, -0.2) is 35.0 Å². The molecule has 2 aromatic rings. The van der Waals surface area contributed by atoms with E-state index in [4.69, 9.17) is 5.26 Å². The van der Waals surface area contributed by atoms with Gasteiger partial charge in [-0.25, -0.2) is 9.97 Å². The second kappa shape index (κ2) is 7.45. The Morgan fingerprint density at radius 3 is 2.96 bits per heavy atom. The van der Waals surface area contributed by atoms with Gasteiger partial charge in [0.1, 0.15) is 23.4 Å². The Balaban J connectivity index is 1.90. The zero-order valence-electron chi connectivity index (χ0n) is 14.5. The van der Waals surface area contributed by atoms with Gasteiger partial charge in [-0.3, -0.25) is 4.79 Å². The number of anilines is 2. The molecule has 7 nitrogen and oxygen atoms in total. The van der Waals surface area contributed by atoms with E-state index in [1.54, 1.807) is 12.3 Å². The molecule has 0 bridgehead atoms. The Morgan fingerprint density at radius 1 is 1.44 bits per heavy atom. The molecule has 25 heavy (non-hydrogen) atoms. The summed E-state index contributed by atoms with van der Waals surface area (Å²) in [5.74, 6) is 1.08. The lowest BCUT2D eigenvalue weighted by molar-refractivity contribution is -0.120. The molecule has 130 valence electrons. The number of pyridine rings is 2. The quantitative estimate of drug-likeness (QED) is 0.790. The number of carbonyl (C=O) groups excluding carboxylic acids is 1. The van der Waals surface area contributed by atoms with E-state index < -0.39 is 0 Å². The monoisotopic (exact) mass is 338 g/mol. The number of nitrogens with one attached hydrogen (secondary N) is 3. The van der Waals surface area contributed by atoms with Gasteiger partial charge < -0.3 is 16.0 Å². The minimum atomic E-state index is -0.0291. The van der Waals surface area contributed by atoms with Crippen LogP contribution in [0.15, 0.2) is 18.3 Å². The fourth-order valence-electron chi connectivity index (χ4n) is 2.96. The van der Waals surface area contributed by atoms with E-state index in [1.165, 1.54) is 0 Å². The van der Waals surface area contributed by atoms with Gasteiger partial charge in [-0.1, -0.05) is 0 Å². The molecule has 1 aliphatic heterocycles. The van der Waals surface area contributed by atoms with E-state index in [0.29, 0.717) is 23.9 Å². The van der Waals surface area contributed by atoms with E-state index in [0.717, 1.165) is 30.2 Å². The molecule has 1 saturated heterocycles. The lowest BCUT2D eigenvalue weighted by atomic mass is 9.99. The summed E-state index contributed by atoms with van der Waals surface area (Å²) in [7, 11) is 0. The molecule has 3 heterocycles. The second-order valence-electron chi connectivity index (χ2n) is 6.59. The molecule has 0 aromatic carbocycles. The summed E-state index contributed by atoms with van der Waals surface area (Å²) in [5.41, 5.74) is 0.336. The van der Waals surface area contributed by atoms with Crippen LogP contribution in [-0.2, 0) is 4.79 Å². The first-order valence-corrected chi connectivity index (χ1v) is 8.56. The van der Waals surface area contributed by atoms with Crippen molar-refractivity contribution in [3.8, 4) is 6.07 Å². The van der Waals surface area contributed by atoms with Gasteiger partial charge in [0.25, 0.3) is 0 Å². The maximum atomic E-state index is 12.4. The Kier molecular flexibility index (Phi) is 5.10. The average Bonchev–Trinajstić information content (AvgIpc) is 2.62. The number of amides is 1. The summed E-state index contributed by atoms with van der Waals surface area (Å²) in [6, 6.07) is 5.74. The molecular formula is C18H22N6O. The summed E-state index contributed by atoms with van der Waals surface area (Å²) in [4.78, 5) is 21.1. The first-order valence-electron chi connectivity index (χ1n) is 8.56. The number of rotatable bonds is 4. The number of carbonyl (C=O) groups is 1. The number of nitriles is 1. The standard InChI is InChI=1S/C18H22N6O/c1-11(2)22-17-15-7-16(21-10-13(15)6-14(8-19)23-17)24-18(25)12-4-3-5-20-9-12/h6-7,10-12,20H,3-5,9H2,1-2H3,(H,22,23)(H,21,24,25). The molecule has 7 heteroatoms. The molecule has 0 saturated carbocycles. The molecule has 1 amide bonds. The van der Waals surface area contributed by atoms with Crippen LogP contribution >= 0.6 is 0 Å². The van der Waals surface area contributed by atoms with Gasteiger partial charge in [-0.2, -0.15) is 5.26 Å². The van der Waals surface area contributed by atoms with Crippen molar-refractivity contribution >= 4 is 28.3 Å². The molecule has 1 unspecified atom stereocenters. The number of hydrogen-bond acceptors (Lipinski definition) is 6. The molecule has 1 atom stereocenters. The molecule has 3 N–H and O–H groups in total. The van der Waals surface area contributed by atoms with Gasteiger partial charge >= 0.3 is 0 Å². The lowest BCUT2D eigenvalue weighted by Crippen LogP contribution is -2.37.